The van der Waals surface area contributed by atoms with Crippen LogP contribution in [0.4, 0.5) is 25.8 Å². The van der Waals surface area contributed by atoms with Crippen LogP contribution in [-0.4, -0.2) is 73.9 Å². The highest BCUT2D eigenvalue weighted by atomic mass is 32.1. The molecule has 13 heteroatoms. The van der Waals surface area contributed by atoms with Crippen molar-refractivity contribution in [3.05, 3.63) is 48.0 Å². The van der Waals surface area contributed by atoms with Gasteiger partial charge < -0.3 is 30.5 Å². The van der Waals surface area contributed by atoms with Gasteiger partial charge in [0.05, 0.1) is 33.0 Å². The number of aliphatic imine (C=N–C) groups is 1. The lowest BCUT2D eigenvalue weighted by atomic mass is 10.2. The Labute approximate surface area is 223 Å². The number of likely N-dealkylation sites (N-methyl/N-ethyl adjacent to an activating group) is 2. The molecule has 0 saturated carbocycles. The van der Waals surface area contributed by atoms with Crippen molar-refractivity contribution in [2.45, 2.75) is 12.9 Å². The number of hydrogen-bond acceptors (Lipinski definition) is 9. The van der Waals surface area contributed by atoms with Gasteiger partial charge in [0.1, 0.15) is 5.69 Å². The number of anilines is 3. The number of carbonyl (C=O) groups excluding carboxylic acids is 1. The van der Waals surface area contributed by atoms with Crippen LogP contribution in [0.3, 0.4) is 0 Å². The average molecular weight is 545 g/mol. The summed E-state index contributed by atoms with van der Waals surface area (Å²) in [5, 5.41) is 15.7. The van der Waals surface area contributed by atoms with Crippen molar-refractivity contribution >= 4 is 56.4 Å². The summed E-state index contributed by atoms with van der Waals surface area (Å²) < 4.78 is 34.5. The largest absolute Gasteiger partial charge is 0.433 e. The number of hydrogen-bond donors (Lipinski definition) is 3. The molecular formula is C25H30F2N8O2S. The molecule has 0 fully saturated rings. The smallest absolute Gasteiger partial charge is 0.387 e. The highest BCUT2D eigenvalue weighted by molar-refractivity contribution is 7.17. The van der Waals surface area contributed by atoms with Gasteiger partial charge in [-0.15, -0.1) is 11.3 Å². The van der Waals surface area contributed by atoms with Crippen molar-refractivity contribution in [2.75, 3.05) is 49.8 Å². The molecule has 0 spiro atoms. The zero-order valence-electron chi connectivity index (χ0n) is 21.5. The van der Waals surface area contributed by atoms with E-state index in [4.69, 9.17) is 4.74 Å². The van der Waals surface area contributed by atoms with E-state index in [2.05, 4.69) is 32.6 Å². The van der Waals surface area contributed by atoms with Crippen molar-refractivity contribution in [1.29, 1.82) is 0 Å². The van der Waals surface area contributed by atoms with Gasteiger partial charge in [0.25, 0.3) is 0 Å². The first-order valence-corrected chi connectivity index (χ1v) is 12.6. The van der Waals surface area contributed by atoms with E-state index in [0.717, 1.165) is 27.7 Å². The van der Waals surface area contributed by atoms with E-state index < -0.39 is 18.8 Å². The fourth-order valence-corrected chi connectivity index (χ4v) is 4.83. The van der Waals surface area contributed by atoms with Gasteiger partial charge in [-0.25, -0.2) is 4.99 Å². The summed E-state index contributed by atoms with van der Waals surface area (Å²) in [4.78, 5) is 20.4. The molecule has 0 aliphatic carbocycles. The molecule has 0 bridgehead atoms. The number of fused-ring (bicyclic) bond motifs is 1. The van der Waals surface area contributed by atoms with Gasteiger partial charge in [-0.3, -0.25) is 9.48 Å². The molecule has 1 atom stereocenters. The number of halogens is 2. The SMILES string of the molecule is C=CC(=O)Nc1cc(NC2N=CC=C(c3nn(C)c4ccsc34)N2)c(OC(F)F)cc1N(C)CCN(C)C. The lowest BCUT2D eigenvalue weighted by Gasteiger charge is -2.27. The van der Waals surface area contributed by atoms with Crippen LogP contribution in [0.2, 0.25) is 0 Å². The maximum Gasteiger partial charge on any atom is 0.387 e. The van der Waals surface area contributed by atoms with Crippen LogP contribution >= 0.6 is 11.3 Å². The minimum atomic E-state index is -3.05. The second kappa shape index (κ2) is 11.6. The number of nitrogens with one attached hydrogen (secondary N) is 3. The van der Waals surface area contributed by atoms with E-state index in [9.17, 15) is 13.6 Å². The first-order chi connectivity index (χ1) is 18.2. The lowest BCUT2D eigenvalue weighted by molar-refractivity contribution is -0.111. The molecule has 38 heavy (non-hydrogen) atoms. The number of carbonyl (C=O) groups is 1. The molecule has 4 rings (SSSR count). The fourth-order valence-electron chi connectivity index (χ4n) is 3.91. The molecule has 3 N–H and O–H groups in total. The highest BCUT2D eigenvalue weighted by Gasteiger charge is 2.23. The summed E-state index contributed by atoms with van der Waals surface area (Å²) in [5.74, 6) is -0.523. The van der Waals surface area contributed by atoms with Gasteiger partial charge in [-0.05, 0) is 43.8 Å². The second-order valence-electron chi connectivity index (χ2n) is 8.84. The van der Waals surface area contributed by atoms with E-state index in [0.29, 0.717) is 24.5 Å². The van der Waals surface area contributed by atoms with Crippen LogP contribution in [0.15, 0.2) is 47.3 Å². The van der Waals surface area contributed by atoms with Gasteiger partial charge in [0.15, 0.2) is 12.0 Å². The van der Waals surface area contributed by atoms with Gasteiger partial charge in [-0.1, -0.05) is 6.58 Å². The number of alkyl halides is 2. The highest BCUT2D eigenvalue weighted by Crippen LogP contribution is 2.38. The van der Waals surface area contributed by atoms with Crippen molar-refractivity contribution in [2.24, 2.45) is 12.0 Å². The summed E-state index contributed by atoms with van der Waals surface area (Å²) in [5.41, 5.74) is 3.62. The molecule has 0 radical (unpaired) electrons. The van der Waals surface area contributed by atoms with E-state index in [-0.39, 0.29) is 11.4 Å². The number of allylic oxidation sites excluding steroid dienone is 1. The molecule has 202 valence electrons. The predicted molar refractivity (Wildman–Crippen MR) is 149 cm³/mol. The zero-order valence-corrected chi connectivity index (χ0v) is 22.4. The van der Waals surface area contributed by atoms with Crippen molar-refractivity contribution in [1.82, 2.24) is 20.0 Å². The number of rotatable bonds is 11. The Kier molecular flexibility index (Phi) is 8.27. The van der Waals surface area contributed by atoms with Crippen LogP contribution in [0, 0.1) is 0 Å². The molecule has 1 aliphatic heterocycles. The fraction of sp³-hybridized carbons (Fsp3) is 0.320. The number of nitrogens with zero attached hydrogens (tertiary/aromatic N) is 5. The third-order valence-corrected chi connectivity index (χ3v) is 6.74. The summed E-state index contributed by atoms with van der Waals surface area (Å²) in [6.45, 7) is 1.74. The Morgan fingerprint density at radius 2 is 2.11 bits per heavy atom. The molecule has 10 nitrogen and oxygen atoms in total. The van der Waals surface area contributed by atoms with Crippen LogP contribution < -0.4 is 25.6 Å². The van der Waals surface area contributed by atoms with Crippen molar-refractivity contribution in [3.63, 3.8) is 0 Å². The number of aryl methyl sites for hydroxylation is 1. The van der Waals surface area contributed by atoms with Gasteiger partial charge in [0, 0.05) is 39.5 Å². The molecule has 0 saturated heterocycles. The van der Waals surface area contributed by atoms with Crippen LogP contribution in [0.1, 0.15) is 5.69 Å². The molecule has 1 amide bonds. The number of thiophene rings is 1. The lowest BCUT2D eigenvalue weighted by Crippen LogP contribution is -2.36. The summed E-state index contributed by atoms with van der Waals surface area (Å²) in [6.07, 6.45) is 3.85. The first-order valence-electron chi connectivity index (χ1n) is 11.8. The minimum Gasteiger partial charge on any atom is -0.433 e. The third-order valence-electron chi connectivity index (χ3n) is 5.83. The Morgan fingerprint density at radius 3 is 2.82 bits per heavy atom. The van der Waals surface area contributed by atoms with Crippen molar-refractivity contribution < 1.29 is 18.3 Å². The van der Waals surface area contributed by atoms with Crippen LogP contribution in [0.25, 0.3) is 15.9 Å². The van der Waals surface area contributed by atoms with Gasteiger partial charge >= 0.3 is 6.61 Å². The molecule has 1 aliphatic rings. The topological polar surface area (TPSA) is 99.0 Å². The van der Waals surface area contributed by atoms with Gasteiger partial charge in [0.2, 0.25) is 5.91 Å². The molecule has 1 unspecified atom stereocenters. The predicted octanol–water partition coefficient (Wildman–Crippen LogP) is 3.77. The van der Waals surface area contributed by atoms with E-state index in [1.165, 1.54) is 6.07 Å². The summed E-state index contributed by atoms with van der Waals surface area (Å²) in [7, 11) is 7.54. The van der Waals surface area contributed by atoms with Crippen LogP contribution in [-0.2, 0) is 11.8 Å². The maximum absolute atomic E-state index is 13.4. The Morgan fingerprint density at radius 1 is 1.32 bits per heavy atom. The molecule has 3 heterocycles. The minimum absolute atomic E-state index is 0.0881. The Hall–Kier alpha value is -3.97. The monoisotopic (exact) mass is 544 g/mol. The zero-order chi connectivity index (χ0) is 27.4. The quantitative estimate of drug-likeness (QED) is 0.316. The van der Waals surface area contributed by atoms with E-state index >= 15 is 0 Å². The molecular weight excluding hydrogens is 514 g/mol. The van der Waals surface area contributed by atoms with E-state index in [1.807, 2.05) is 49.4 Å². The van der Waals surface area contributed by atoms with Gasteiger partial charge in [-0.2, -0.15) is 13.9 Å². The Bertz CT molecular complexity index is 1380. The second-order valence-corrected chi connectivity index (χ2v) is 9.76. The van der Waals surface area contributed by atoms with Crippen molar-refractivity contribution in [3.8, 4) is 5.75 Å². The summed E-state index contributed by atoms with van der Waals surface area (Å²) in [6, 6.07) is 5.02. The first kappa shape index (κ1) is 27.1. The number of ether oxygens (including phenoxy) is 1. The molecule has 2 aromatic heterocycles. The average Bonchev–Trinajstić information content (AvgIpc) is 3.48. The van der Waals surface area contributed by atoms with E-state index in [1.54, 1.807) is 34.4 Å². The molecule has 3 aromatic rings. The van der Waals surface area contributed by atoms with Crippen LogP contribution in [0.5, 0.6) is 5.75 Å². The molecule has 1 aromatic carbocycles. The third kappa shape index (κ3) is 6.11. The number of benzene rings is 1. The standard InChI is InChI=1S/C25H30F2N8O2S/c1-6-21(36)29-16-13-17(20(37-24(26)27)14-19(16)34(4)11-10-33(2)3)31-25-28-9-7-15(30-25)22-23-18(8-12-38-23)35(5)32-22/h6-9,12-14,24-25,30-31H,1,10-11H2,2-5H3,(H,29,36). The normalized spacial score (nSPS) is 14.9. The number of amides is 1. The maximum atomic E-state index is 13.4. The Balaban J connectivity index is 1.65. The number of aromatic nitrogens is 2. The summed E-state index contributed by atoms with van der Waals surface area (Å²) >= 11 is 1.57.